The molecule has 164 valence electrons. The number of halogens is 2. The summed E-state index contributed by atoms with van der Waals surface area (Å²) in [5.74, 6) is 0.862. The zero-order valence-corrected chi connectivity index (χ0v) is 18.6. The van der Waals surface area contributed by atoms with E-state index >= 15 is 0 Å². The Bertz CT molecular complexity index is 776. The van der Waals surface area contributed by atoms with E-state index in [2.05, 4.69) is 13.8 Å². The fraction of sp³-hybridized carbons (Fsp3) is 0.556. The van der Waals surface area contributed by atoms with Crippen LogP contribution in [0.1, 0.15) is 77.2 Å². The van der Waals surface area contributed by atoms with E-state index in [4.69, 9.17) is 4.74 Å². The van der Waals surface area contributed by atoms with Crippen molar-refractivity contribution in [2.24, 2.45) is 11.8 Å². The van der Waals surface area contributed by atoms with Gasteiger partial charge in [-0.25, -0.2) is 8.78 Å². The van der Waals surface area contributed by atoms with Crippen molar-refractivity contribution < 1.29 is 13.5 Å². The van der Waals surface area contributed by atoms with Crippen molar-refractivity contribution in [1.29, 1.82) is 0 Å². The van der Waals surface area contributed by atoms with Gasteiger partial charge >= 0.3 is 0 Å². The van der Waals surface area contributed by atoms with Gasteiger partial charge in [0, 0.05) is 5.56 Å². The molecule has 2 aromatic rings. The Hall–Kier alpha value is -1.90. The first kappa shape index (κ1) is 22.8. The molecule has 30 heavy (non-hydrogen) atoms. The van der Waals surface area contributed by atoms with Crippen LogP contribution in [0.15, 0.2) is 36.4 Å². The van der Waals surface area contributed by atoms with Gasteiger partial charge in [-0.2, -0.15) is 0 Å². The van der Waals surface area contributed by atoms with Crippen LogP contribution in [0.2, 0.25) is 0 Å². The highest BCUT2D eigenvalue weighted by molar-refractivity contribution is 5.65. The third kappa shape index (κ3) is 6.06. The van der Waals surface area contributed by atoms with Crippen molar-refractivity contribution in [1.82, 2.24) is 0 Å². The third-order valence-electron chi connectivity index (χ3n) is 6.71. The summed E-state index contributed by atoms with van der Waals surface area (Å²) in [6, 6.07) is 10.8. The maximum Gasteiger partial charge on any atom is 0.166 e. The second kappa shape index (κ2) is 11.5. The lowest BCUT2D eigenvalue weighted by Gasteiger charge is -2.27. The molecule has 0 spiro atoms. The van der Waals surface area contributed by atoms with Gasteiger partial charge in [0.2, 0.25) is 0 Å². The Labute approximate surface area is 180 Å². The molecule has 1 aliphatic carbocycles. The Morgan fingerprint density at radius 3 is 2.20 bits per heavy atom. The summed E-state index contributed by atoms with van der Waals surface area (Å²) in [4.78, 5) is 0. The lowest BCUT2D eigenvalue weighted by molar-refractivity contribution is 0.258. The molecule has 0 unspecified atom stereocenters. The first-order chi connectivity index (χ1) is 14.6. The van der Waals surface area contributed by atoms with Gasteiger partial charge in [0.15, 0.2) is 11.6 Å². The summed E-state index contributed by atoms with van der Waals surface area (Å²) in [6.45, 7) is 5.11. The van der Waals surface area contributed by atoms with Gasteiger partial charge < -0.3 is 4.74 Å². The lowest BCUT2D eigenvalue weighted by atomic mass is 9.78. The first-order valence-corrected chi connectivity index (χ1v) is 11.8. The molecular formula is C27H36F2O. The topological polar surface area (TPSA) is 9.23 Å². The summed E-state index contributed by atoms with van der Waals surface area (Å²) >= 11 is 0. The molecule has 3 rings (SSSR count). The Morgan fingerprint density at radius 1 is 0.833 bits per heavy atom. The highest BCUT2D eigenvalue weighted by atomic mass is 19.2. The second-order valence-corrected chi connectivity index (χ2v) is 8.81. The predicted octanol–water partition coefficient (Wildman–Crippen LogP) is 8.35. The van der Waals surface area contributed by atoms with Gasteiger partial charge in [-0.15, -0.1) is 0 Å². The number of ether oxygens (including phenoxy) is 1. The van der Waals surface area contributed by atoms with Gasteiger partial charge in [0.1, 0.15) is 5.75 Å². The Balaban J connectivity index is 1.59. The molecule has 3 heteroatoms. The second-order valence-electron chi connectivity index (χ2n) is 8.81. The summed E-state index contributed by atoms with van der Waals surface area (Å²) in [7, 11) is 0. The highest BCUT2D eigenvalue weighted by Gasteiger charge is 2.21. The molecule has 0 atom stereocenters. The van der Waals surface area contributed by atoms with E-state index in [9.17, 15) is 8.78 Å². The molecule has 0 bridgehead atoms. The summed E-state index contributed by atoms with van der Waals surface area (Å²) in [5.41, 5.74) is 1.50. The van der Waals surface area contributed by atoms with Crippen LogP contribution in [0.4, 0.5) is 8.78 Å². The van der Waals surface area contributed by atoms with Gasteiger partial charge in [0.25, 0.3) is 0 Å². The van der Waals surface area contributed by atoms with Gasteiger partial charge in [-0.1, -0.05) is 83.1 Å². The Morgan fingerprint density at radius 2 is 1.53 bits per heavy atom. The fourth-order valence-corrected chi connectivity index (χ4v) is 4.57. The van der Waals surface area contributed by atoms with Crippen LogP contribution in [-0.2, 0) is 6.42 Å². The van der Waals surface area contributed by atoms with Crippen LogP contribution in [0, 0.1) is 23.5 Å². The van der Waals surface area contributed by atoms with Crippen LogP contribution >= 0.6 is 0 Å². The number of hydrogen-bond acceptors (Lipinski definition) is 1. The van der Waals surface area contributed by atoms with Crippen molar-refractivity contribution in [3.63, 3.8) is 0 Å². The minimum Gasteiger partial charge on any atom is -0.494 e. The number of unbranched alkanes of at least 4 members (excludes halogenated alkanes) is 2. The largest absolute Gasteiger partial charge is 0.494 e. The number of hydrogen-bond donors (Lipinski definition) is 0. The quantitative estimate of drug-likeness (QED) is 0.355. The molecule has 0 amide bonds. The van der Waals surface area contributed by atoms with E-state index in [1.165, 1.54) is 32.1 Å². The summed E-state index contributed by atoms with van der Waals surface area (Å²) < 4.78 is 35.2. The van der Waals surface area contributed by atoms with E-state index in [-0.39, 0.29) is 0 Å². The van der Waals surface area contributed by atoms with Crippen LogP contribution in [0.3, 0.4) is 0 Å². The monoisotopic (exact) mass is 414 g/mol. The van der Waals surface area contributed by atoms with Crippen molar-refractivity contribution >= 4 is 0 Å². The molecule has 0 N–H and O–H groups in total. The highest BCUT2D eigenvalue weighted by Crippen LogP contribution is 2.34. The zero-order chi connectivity index (χ0) is 21.3. The van der Waals surface area contributed by atoms with Crippen LogP contribution in [0.5, 0.6) is 5.75 Å². The maximum absolute atomic E-state index is 14.8. The Kier molecular flexibility index (Phi) is 8.72. The van der Waals surface area contributed by atoms with Crippen molar-refractivity contribution in [3.8, 4) is 16.9 Å². The minimum atomic E-state index is -0.737. The van der Waals surface area contributed by atoms with Crippen LogP contribution < -0.4 is 4.74 Å². The average molecular weight is 415 g/mol. The molecule has 1 fully saturated rings. The molecule has 1 aliphatic rings. The SMILES string of the molecule is CCCCCOc1ccc(-c2ccc(CCC3CCC(CC)CC3)c(F)c2F)cc1. The molecule has 1 saturated carbocycles. The first-order valence-electron chi connectivity index (χ1n) is 11.8. The van der Waals surface area contributed by atoms with E-state index in [0.29, 0.717) is 35.6 Å². The molecule has 0 saturated heterocycles. The van der Waals surface area contributed by atoms with Crippen molar-refractivity contribution in [2.45, 2.75) is 78.1 Å². The number of benzene rings is 2. The third-order valence-corrected chi connectivity index (χ3v) is 6.71. The normalized spacial score (nSPS) is 19.1. The zero-order valence-electron chi connectivity index (χ0n) is 18.6. The van der Waals surface area contributed by atoms with E-state index in [1.807, 2.05) is 12.1 Å². The molecule has 0 aliphatic heterocycles. The maximum atomic E-state index is 14.8. The predicted molar refractivity (Wildman–Crippen MR) is 121 cm³/mol. The summed E-state index contributed by atoms with van der Waals surface area (Å²) in [6.07, 6.45) is 11.2. The number of rotatable bonds is 10. The van der Waals surface area contributed by atoms with Crippen LogP contribution in [-0.4, -0.2) is 6.61 Å². The fourth-order valence-electron chi connectivity index (χ4n) is 4.57. The van der Waals surface area contributed by atoms with E-state index < -0.39 is 11.6 Å². The molecule has 0 aromatic heterocycles. The summed E-state index contributed by atoms with van der Waals surface area (Å²) in [5, 5.41) is 0. The molecule has 0 heterocycles. The number of aryl methyl sites for hydroxylation is 1. The van der Waals surface area contributed by atoms with Crippen molar-refractivity contribution in [2.75, 3.05) is 6.61 Å². The standard InChI is InChI=1S/C27H36F2O/c1-3-5-6-19-30-24-16-13-22(14-17-24)25-18-15-23(26(28)27(25)29)12-11-21-9-7-20(4-2)8-10-21/h13-18,20-21H,3-12,19H2,1-2H3. The van der Waals surface area contributed by atoms with Gasteiger partial charge in [-0.05, 0) is 54.4 Å². The van der Waals surface area contributed by atoms with E-state index in [0.717, 1.165) is 37.4 Å². The minimum absolute atomic E-state index is 0.317. The lowest BCUT2D eigenvalue weighted by Crippen LogP contribution is -2.14. The smallest absolute Gasteiger partial charge is 0.166 e. The van der Waals surface area contributed by atoms with Crippen LogP contribution in [0.25, 0.3) is 11.1 Å². The molecule has 0 radical (unpaired) electrons. The average Bonchev–Trinajstić information content (AvgIpc) is 2.79. The van der Waals surface area contributed by atoms with Gasteiger partial charge in [-0.3, -0.25) is 0 Å². The molecule has 1 nitrogen and oxygen atoms in total. The van der Waals surface area contributed by atoms with Gasteiger partial charge in [0.05, 0.1) is 6.61 Å². The molecular weight excluding hydrogens is 378 g/mol. The molecule has 2 aromatic carbocycles. The van der Waals surface area contributed by atoms with E-state index in [1.54, 1.807) is 24.3 Å². The van der Waals surface area contributed by atoms with Crippen molar-refractivity contribution in [3.05, 3.63) is 53.6 Å².